The van der Waals surface area contributed by atoms with Crippen molar-refractivity contribution in [2.75, 3.05) is 20.8 Å². The van der Waals surface area contributed by atoms with Gasteiger partial charge in [0.05, 0.1) is 32.8 Å². The van der Waals surface area contributed by atoms with Crippen LogP contribution >= 0.6 is 0 Å². The largest absolute Gasteiger partial charge is 0.493 e. The van der Waals surface area contributed by atoms with E-state index in [1.54, 1.807) is 7.05 Å². The predicted molar refractivity (Wildman–Crippen MR) is 90.3 cm³/mol. The summed E-state index contributed by atoms with van der Waals surface area (Å²) in [6.45, 7) is -0.0361. The Balaban J connectivity index is 2.02. The first-order valence-electron chi connectivity index (χ1n) is 7.74. The Morgan fingerprint density at radius 2 is 1.85 bits per heavy atom. The van der Waals surface area contributed by atoms with Crippen LogP contribution < -0.4 is 15.0 Å². The summed E-state index contributed by atoms with van der Waals surface area (Å²) in [5.74, 6) is -0.736. The zero-order valence-electron chi connectivity index (χ0n) is 14.5. The molecule has 0 N–H and O–H groups in total. The Bertz CT molecular complexity index is 1020. The van der Waals surface area contributed by atoms with Crippen LogP contribution in [0.5, 0.6) is 11.5 Å². The third kappa shape index (κ3) is 2.95. The zero-order chi connectivity index (χ0) is 19.1. The number of hydrogen-bond donors (Lipinski definition) is 0. The van der Waals surface area contributed by atoms with E-state index < -0.39 is 20.7 Å². The second-order valence-corrected chi connectivity index (χ2v) is 7.72. The SMILES string of the molecule is COc1cc(F)c(S(=O)(=O)N2CCc3c(ncn(C)c3=O)C2)cc1OC. The number of nitrogens with zero attached hydrogens (tertiary/aromatic N) is 3. The van der Waals surface area contributed by atoms with Crippen LogP contribution in [0.15, 0.2) is 28.2 Å². The summed E-state index contributed by atoms with van der Waals surface area (Å²) in [6, 6.07) is 2.06. The number of rotatable bonds is 4. The maximum atomic E-state index is 14.4. The van der Waals surface area contributed by atoms with Crippen molar-refractivity contribution in [3.05, 3.63) is 45.9 Å². The Morgan fingerprint density at radius 3 is 2.50 bits per heavy atom. The van der Waals surface area contributed by atoms with Gasteiger partial charge in [-0.15, -0.1) is 0 Å². The topological polar surface area (TPSA) is 90.7 Å². The van der Waals surface area contributed by atoms with Crippen LogP contribution in [0.25, 0.3) is 0 Å². The van der Waals surface area contributed by atoms with E-state index in [0.29, 0.717) is 11.3 Å². The molecule has 0 saturated carbocycles. The van der Waals surface area contributed by atoms with Gasteiger partial charge in [0, 0.05) is 31.3 Å². The lowest BCUT2D eigenvalue weighted by atomic mass is 10.1. The van der Waals surface area contributed by atoms with Crippen molar-refractivity contribution in [3.8, 4) is 11.5 Å². The van der Waals surface area contributed by atoms with Gasteiger partial charge < -0.3 is 14.0 Å². The highest BCUT2D eigenvalue weighted by molar-refractivity contribution is 7.89. The summed E-state index contributed by atoms with van der Waals surface area (Å²) in [5, 5.41) is 0. The summed E-state index contributed by atoms with van der Waals surface area (Å²) in [4.78, 5) is 15.7. The van der Waals surface area contributed by atoms with Crippen molar-refractivity contribution < 1.29 is 22.3 Å². The van der Waals surface area contributed by atoms with Gasteiger partial charge in [-0.25, -0.2) is 17.8 Å². The van der Waals surface area contributed by atoms with Gasteiger partial charge in [-0.3, -0.25) is 4.79 Å². The van der Waals surface area contributed by atoms with Gasteiger partial charge in [0.2, 0.25) is 10.0 Å². The molecular weight excluding hydrogens is 365 g/mol. The van der Waals surface area contributed by atoms with Gasteiger partial charge in [0.15, 0.2) is 11.5 Å². The number of benzene rings is 1. The first-order valence-corrected chi connectivity index (χ1v) is 9.18. The van der Waals surface area contributed by atoms with E-state index in [1.807, 2.05) is 0 Å². The molecule has 26 heavy (non-hydrogen) atoms. The molecule has 2 aromatic rings. The molecule has 1 aromatic carbocycles. The van der Waals surface area contributed by atoms with Crippen molar-refractivity contribution in [2.45, 2.75) is 17.9 Å². The first-order chi connectivity index (χ1) is 12.3. The lowest BCUT2D eigenvalue weighted by molar-refractivity contribution is 0.348. The summed E-state index contributed by atoms with van der Waals surface area (Å²) < 4.78 is 52.7. The van der Waals surface area contributed by atoms with Crippen LogP contribution in [-0.4, -0.2) is 43.0 Å². The van der Waals surface area contributed by atoms with Crippen LogP contribution in [0, 0.1) is 5.82 Å². The standard InChI is InChI=1S/C16H18FN3O5S/c1-19-9-18-12-8-20(5-4-10(12)16(19)21)26(22,23)15-7-14(25-3)13(24-2)6-11(15)17/h6-7,9H,4-5,8H2,1-3H3. The Labute approximate surface area is 149 Å². The van der Waals surface area contributed by atoms with E-state index in [9.17, 15) is 17.6 Å². The lowest BCUT2D eigenvalue weighted by Crippen LogP contribution is -2.40. The number of fused-ring (bicyclic) bond motifs is 1. The van der Waals surface area contributed by atoms with E-state index in [4.69, 9.17) is 9.47 Å². The van der Waals surface area contributed by atoms with Crippen molar-refractivity contribution in [3.63, 3.8) is 0 Å². The minimum atomic E-state index is -4.14. The van der Waals surface area contributed by atoms with Gasteiger partial charge in [-0.2, -0.15) is 4.31 Å². The van der Waals surface area contributed by atoms with Gasteiger partial charge in [-0.05, 0) is 6.42 Å². The smallest absolute Gasteiger partial charge is 0.256 e. The Hall–Kier alpha value is -2.46. The average molecular weight is 383 g/mol. The molecule has 0 spiro atoms. The third-order valence-electron chi connectivity index (χ3n) is 4.31. The van der Waals surface area contributed by atoms with Crippen LogP contribution in [0.1, 0.15) is 11.3 Å². The molecule has 1 aliphatic heterocycles. The molecule has 0 unspecified atom stereocenters. The monoisotopic (exact) mass is 383 g/mol. The summed E-state index contributed by atoms with van der Waals surface area (Å²) in [7, 11) is 0.108. The molecule has 0 radical (unpaired) electrons. The Kier molecular flexibility index (Phi) is 4.72. The Morgan fingerprint density at radius 1 is 1.19 bits per heavy atom. The number of aryl methyl sites for hydroxylation is 1. The fraction of sp³-hybridized carbons (Fsp3) is 0.375. The van der Waals surface area contributed by atoms with Gasteiger partial charge >= 0.3 is 0 Å². The van der Waals surface area contributed by atoms with Gasteiger partial charge in [0.1, 0.15) is 10.7 Å². The fourth-order valence-corrected chi connectivity index (χ4v) is 4.33. The molecule has 0 amide bonds. The number of ether oxygens (including phenoxy) is 2. The normalized spacial score (nSPS) is 14.8. The maximum absolute atomic E-state index is 14.4. The third-order valence-corrected chi connectivity index (χ3v) is 6.17. The van der Waals surface area contributed by atoms with Crippen LogP contribution in [0.4, 0.5) is 4.39 Å². The zero-order valence-corrected chi connectivity index (χ0v) is 15.3. The second kappa shape index (κ2) is 6.69. The molecule has 1 aliphatic rings. The number of aromatic nitrogens is 2. The quantitative estimate of drug-likeness (QED) is 0.771. The molecule has 10 heteroatoms. The molecule has 3 rings (SSSR count). The molecular formula is C16H18FN3O5S. The molecule has 0 bridgehead atoms. The molecule has 0 saturated heterocycles. The van der Waals surface area contributed by atoms with Crippen LogP contribution in [0.3, 0.4) is 0 Å². The summed E-state index contributed by atoms with van der Waals surface area (Å²) >= 11 is 0. The molecule has 0 atom stereocenters. The van der Waals surface area contributed by atoms with E-state index >= 15 is 0 Å². The summed E-state index contributed by atoms with van der Waals surface area (Å²) in [5.41, 5.74) is 0.655. The van der Waals surface area contributed by atoms with Gasteiger partial charge in [0.25, 0.3) is 5.56 Å². The highest BCUT2D eigenvalue weighted by Crippen LogP contribution is 2.34. The van der Waals surface area contributed by atoms with E-state index in [-0.39, 0.29) is 36.6 Å². The number of sulfonamides is 1. The summed E-state index contributed by atoms with van der Waals surface area (Å²) in [6.07, 6.45) is 1.55. The minimum absolute atomic E-state index is 0.0596. The van der Waals surface area contributed by atoms with Crippen molar-refractivity contribution in [2.24, 2.45) is 7.05 Å². The highest BCUT2D eigenvalue weighted by Gasteiger charge is 2.33. The molecule has 0 aliphatic carbocycles. The fourth-order valence-electron chi connectivity index (χ4n) is 2.87. The van der Waals surface area contributed by atoms with E-state index in [2.05, 4.69) is 4.98 Å². The maximum Gasteiger partial charge on any atom is 0.256 e. The number of halogens is 1. The van der Waals surface area contributed by atoms with Crippen LogP contribution in [0.2, 0.25) is 0 Å². The lowest BCUT2D eigenvalue weighted by Gasteiger charge is -2.27. The molecule has 0 fully saturated rings. The molecule has 2 heterocycles. The minimum Gasteiger partial charge on any atom is -0.493 e. The number of methoxy groups -OCH3 is 2. The van der Waals surface area contributed by atoms with Crippen LogP contribution in [-0.2, 0) is 30.0 Å². The van der Waals surface area contributed by atoms with Crippen molar-refractivity contribution >= 4 is 10.0 Å². The highest BCUT2D eigenvalue weighted by atomic mass is 32.2. The average Bonchev–Trinajstić information content (AvgIpc) is 2.64. The first kappa shape index (κ1) is 18.3. The molecule has 140 valence electrons. The second-order valence-electron chi connectivity index (χ2n) is 5.81. The van der Waals surface area contributed by atoms with Crippen molar-refractivity contribution in [1.82, 2.24) is 13.9 Å². The van der Waals surface area contributed by atoms with E-state index in [0.717, 1.165) is 16.4 Å². The number of hydrogen-bond acceptors (Lipinski definition) is 6. The molecule has 8 nitrogen and oxygen atoms in total. The predicted octanol–water partition coefficient (Wildman–Crippen LogP) is 0.684. The molecule has 1 aromatic heterocycles. The van der Waals surface area contributed by atoms with Crippen molar-refractivity contribution in [1.29, 1.82) is 0 Å². The van der Waals surface area contributed by atoms with E-state index in [1.165, 1.54) is 25.1 Å². The van der Waals surface area contributed by atoms with Gasteiger partial charge in [-0.1, -0.05) is 0 Å².